The van der Waals surface area contributed by atoms with Crippen LogP contribution in [0.2, 0.25) is 0 Å². The van der Waals surface area contributed by atoms with Crippen molar-refractivity contribution in [3.05, 3.63) is 29.8 Å². The van der Waals surface area contributed by atoms with E-state index in [9.17, 15) is 18.0 Å². The molecule has 2 atom stereocenters. The molecule has 2 fully saturated rings. The topological polar surface area (TPSA) is 84.0 Å². The van der Waals surface area contributed by atoms with Crippen molar-refractivity contribution < 1.29 is 22.7 Å². The Morgan fingerprint density at radius 3 is 2.10 bits per heavy atom. The first-order valence-electron chi connectivity index (χ1n) is 10.7. The summed E-state index contributed by atoms with van der Waals surface area (Å²) in [6.07, 6.45) is 2.94. The van der Waals surface area contributed by atoms with Gasteiger partial charge in [-0.3, -0.25) is 4.79 Å². The van der Waals surface area contributed by atoms with Crippen LogP contribution in [0.25, 0.3) is 0 Å². The lowest BCUT2D eigenvalue weighted by molar-refractivity contribution is -0.135. The van der Waals surface area contributed by atoms with Crippen molar-refractivity contribution in [1.82, 2.24) is 9.21 Å². The molecule has 1 amide bonds. The van der Waals surface area contributed by atoms with Gasteiger partial charge in [0.05, 0.1) is 10.5 Å². The molecule has 0 aromatic heterocycles. The summed E-state index contributed by atoms with van der Waals surface area (Å²) >= 11 is 0. The first-order valence-corrected chi connectivity index (χ1v) is 12.2. The molecule has 0 spiro atoms. The quantitative estimate of drug-likeness (QED) is 0.663. The molecule has 166 valence electrons. The SMILES string of the molecule is CC1CCN(C(=O)COC(=O)c2ccc(S(=O)(=O)N3CC(C)CC(C)C3)cc2)CC1. The zero-order valence-corrected chi connectivity index (χ0v) is 18.9. The molecule has 7 nitrogen and oxygen atoms in total. The van der Waals surface area contributed by atoms with E-state index in [0.717, 1.165) is 19.3 Å². The van der Waals surface area contributed by atoms with Crippen molar-refractivity contribution in [1.29, 1.82) is 0 Å². The normalized spacial score (nSPS) is 23.9. The fourth-order valence-electron chi connectivity index (χ4n) is 4.27. The van der Waals surface area contributed by atoms with E-state index < -0.39 is 16.0 Å². The number of hydrogen-bond acceptors (Lipinski definition) is 5. The van der Waals surface area contributed by atoms with Crippen molar-refractivity contribution in [3.8, 4) is 0 Å². The number of amides is 1. The number of carbonyl (C=O) groups excluding carboxylic acids is 2. The predicted molar refractivity (Wildman–Crippen MR) is 113 cm³/mol. The molecule has 1 aromatic carbocycles. The summed E-state index contributed by atoms with van der Waals surface area (Å²) in [4.78, 5) is 26.4. The van der Waals surface area contributed by atoms with Gasteiger partial charge in [-0.25, -0.2) is 13.2 Å². The largest absolute Gasteiger partial charge is 0.452 e. The highest BCUT2D eigenvalue weighted by Crippen LogP contribution is 2.26. The van der Waals surface area contributed by atoms with Gasteiger partial charge in [0.15, 0.2) is 6.61 Å². The van der Waals surface area contributed by atoms with E-state index in [1.807, 2.05) is 0 Å². The standard InChI is InChI=1S/C22H32N2O5S/c1-16-8-10-23(11-9-16)21(25)15-29-22(26)19-4-6-20(7-5-19)30(27,28)24-13-17(2)12-18(3)14-24/h4-7,16-18H,8-15H2,1-3H3. The van der Waals surface area contributed by atoms with Crippen LogP contribution < -0.4 is 0 Å². The molecule has 3 rings (SSSR count). The Bertz CT molecular complexity index is 850. The number of likely N-dealkylation sites (tertiary alicyclic amines) is 1. The smallest absolute Gasteiger partial charge is 0.338 e. The molecule has 2 aliphatic heterocycles. The minimum Gasteiger partial charge on any atom is -0.452 e. The highest BCUT2D eigenvalue weighted by molar-refractivity contribution is 7.89. The second-order valence-electron chi connectivity index (χ2n) is 8.93. The Morgan fingerprint density at radius 2 is 1.53 bits per heavy atom. The van der Waals surface area contributed by atoms with Crippen LogP contribution in [0.5, 0.6) is 0 Å². The van der Waals surface area contributed by atoms with Crippen molar-refractivity contribution in [2.45, 2.75) is 44.9 Å². The van der Waals surface area contributed by atoms with Gasteiger partial charge in [0.2, 0.25) is 10.0 Å². The number of carbonyl (C=O) groups is 2. The molecular weight excluding hydrogens is 404 g/mol. The Kier molecular flexibility index (Phi) is 7.18. The lowest BCUT2D eigenvalue weighted by Gasteiger charge is -2.34. The van der Waals surface area contributed by atoms with E-state index in [2.05, 4.69) is 20.8 Å². The Balaban J connectivity index is 1.58. The maximum absolute atomic E-state index is 12.9. The third kappa shape index (κ3) is 5.40. The van der Waals surface area contributed by atoms with E-state index in [4.69, 9.17) is 4.74 Å². The molecule has 1 aromatic rings. The van der Waals surface area contributed by atoms with Gasteiger partial charge in [0, 0.05) is 26.2 Å². The van der Waals surface area contributed by atoms with Crippen molar-refractivity contribution in [2.24, 2.45) is 17.8 Å². The fourth-order valence-corrected chi connectivity index (χ4v) is 5.95. The Hall–Kier alpha value is -1.93. The van der Waals surface area contributed by atoms with Crippen LogP contribution in [0, 0.1) is 17.8 Å². The van der Waals surface area contributed by atoms with Crippen LogP contribution in [0.1, 0.15) is 50.4 Å². The lowest BCUT2D eigenvalue weighted by atomic mass is 9.94. The van der Waals surface area contributed by atoms with E-state index >= 15 is 0 Å². The Labute approximate surface area is 179 Å². The average Bonchev–Trinajstić information content (AvgIpc) is 2.71. The molecular formula is C22H32N2O5S. The van der Waals surface area contributed by atoms with E-state index in [1.54, 1.807) is 4.90 Å². The van der Waals surface area contributed by atoms with Gasteiger partial charge in [0.1, 0.15) is 0 Å². The van der Waals surface area contributed by atoms with Crippen LogP contribution in [0.15, 0.2) is 29.2 Å². The number of hydrogen-bond donors (Lipinski definition) is 0. The first-order chi connectivity index (χ1) is 14.2. The lowest BCUT2D eigenvalue weighted by Crippen LogP contribution is -2.42. The second kappa shape index (κ2) is 9.47. The monoisotopic (exact) mass is 436 g/mol. The molecule has 0 aliphatic carbocycles. The van der Waals surface area contributed by atoms with Crippen LogP contribution >= 0.6 is 0 Å². The summed E-state index contributed by atoms with van der Waals surface area (Å²) in [6.45, 7) is 8.39. The number of esters is 1. The molecule has 2 unspecified atom stereocenters. The van der Waals surface area contributed by atoms with Crippen LogP contribution in [-0.2, 0) is 19.6 Å². The summed E-state index contributed by atoms with van der Waals surface area (Å²) in [7, 11) is -3.59. The summed E-state index contributed by atoms with van der Waals surface area (Å²) in [5, 5.41) is 0. The third-order valence-corrected chi connectivity index (χ3v) is 7.87. The fraction of sp³-hybridized carbons (Fsp3) is 0.636. The van der Waals surface area contributed by atoms with Gasteiger partial charge in [-0.2, -0.15) is 4.31 Å². The van der Waals surface area contributed by atoms with Crippen molar-refractivity contribution in [2.75, 3.05) is 32.8 Å². The number of sulfonamides is 1. The van der Waals surface area contributed by atoms with Crippen LogP contribution in [-0.4, -0.2) is 62.3 Å². The van der Waals surface area contributed by atoms with E-state index in [0.29, 0.717) is 43.9 Å². The minimum atomic E-state index is -3.59. The molecule has 0 bridgehead atoms. The molecule has 0 radical (unpaired) electrons. The zero-order valence-electron chi connectivity index (χ0n) is 18.0. The maximum atomic E-state index is 12.9. The van der Waals surface area contributed by atoms with Gasteiger partial charge >= 0.3 is 5.97 Å². The minimum absolute atomic E-state index is 0.166. The predicted octanol–water partition coefficient (Wildman–Crippen LogP) is 2.77. The second-order valence-corrected chi connectivity index (χ2v) is 10.9. The van der Waals surface area contributed by atoms with Gasteiger partial charge in [-0.1, -0.05) is 20.8 Å². The van der Waals surface area contributed by atoms with Crippen LogP contribution in [0.4, 0.5) is 0 Å². The van der Waals surface area contributed by atoms with Gasteiger partial charge in [-0.15, -0.1) is 0 Å². The van der Waals surface area contributed by atoms with Crippen molar-refractivity contribution in [3.63, 3.8) is 0 Å². The van der Waals surface area contributed by atoms with Gasteiger partial charge in [0.25, 0.3) is 5.91 Å². The number of nitrogens with zero attached hydrogens (tertiary/aromatic N) is 2. The summed E-state index contributed by atoms with van der Waals surface area (Å²) in [5.74, 6) is 0.431. The first kappa shape index (κ1) is 22.7. The molecule has 0 N–H and O–H groups in total. The summed E-state index contributed by atoms with van der Waals surface area (Å²) in [5.41, 5.74) is 0.231. The van der Waals surface area contributed by atoms with Crippen molar-refractivity contribution >= 4 is 21.9 Å². The third-order valence-electron chi connectivity index (χ3n) is 6.03. The number of ether oxygens (including phenoxy) is 1. The van der Waals surface area contributed by atoms with Gasteiger partial charge in [-0.05, 0) is 61.3 Å². The van der Waals surface area contributed by atoms with Crippen LogP contribution in [0.3, 0.4) is 0 Å². The average molecular weight is 437 g/mol. The molecule has 0 saturated carbocycles. The number of piperidine rings is 2. The van der Waals surface area contributed by atoms with E-state index in [-0.39, 0.29) is 23.0 Å². The molecule has 8 heteroatoms. The summed E-state index contributed by atoms with van der Waals surface area (Å²) < 4.78 is 32.5. The molecule has 2 aliphatic rings. The molecule has 2 saturated heterocycles. The zero-order chi connectivity index (χ0) is 21.9. The maximum Gasteiger partial charge on any atom is 0.338 e. The summed E-state index contributed by atoms with van der Waals surface area (Å²) in [6, 6.07) is 5.76. The highest BCUT2D eigenvalue weighted by Gasteiger charge is 2.31. The highest BCUT2D eigenvalue weighted by atomic mass is 32.2. The van der Waals surface area contributed by atoms with E-state index in [1.165, 1.54) is 28.6 Å². The van der Waals surface area contributed by atoms with Gasteiger partial charge < -0.3 is 9.64 Å². The number of rotatable bonds is 5. The molecule has 30 heavy (non-hydrogen) atoms. The number of benzene rings is 1. The Morgan fingerprint density at radius 1 is 0.967 bits per heavy atom. The molecule has 2 heterocycles.